The van der Waals surface area contributed by atoms with Gasteiger partial charge in [0.2, 0.25) is 0 Å². The lowest BCUT2D eigenvalue weighted by atomic mass is 10.1. The highest BCUT2D eigenvalue weighted by Crippen LogP contribution is 2.13. The molecule has 6 nitrogen and oxygen atoms in total. The molecule has 3 amide bonds. The Morgan fingerprint density at radius 1 is 0.870 bits per heavy atom. The second-order valence-electron chi connectivity index (χ2n) is 5.64. The summed E-state index contributed by atoms with van der Waals surface area (Å²) in [5, 5.41) is 0. The molecule has 0 aromatic heterocycles. The second-order valence-corrected chi connectivity index (χ2v) is 5.64. The molecular formula is C16H20FN3O3. The molecule has 0 spiro atoms. The Morgan fingerprint density at radius 2 is 1.43 bits per heavy atom. The van der Waals surface area contributed by atoms with Crippen LogP contribution >= 0.6 is 0 Å². The van der Waals surface area contributed by atoms with E-state index in [2.05, 4.69) is 0 Å². The number of benzene rings is 1. The van der Waals surface area contributed by atoms with Crippen molar-refractivity contribution >= 4 is 11.9 Å². The lowest BCUT2D eigenvalue weighted by Gasteiger charge is -2.38. The normalized spacial score (nSPS) is 18.9. The molecule has 0 aliphatic carbocycles. The number of urea groups is 1. The van der Waals surface area contributed by atoms with E-state index in [1.807, 2.05) is 0 Å². The quantitative estimate of drug-likeness (QED) is 0.776. The van der Waals surface area contributed by atoms with Gasteiger partial charge in [-0.3, -0.25) is 4.79 Å². The average Bonchev–Trinajstić information content (AvgIpc) is 2.62. The summed E-state index contributed by atoms with van der Waals surface area (Å²) in [4.78, 5) is 29.9. The Kier molecular flexibility index (Phi) is 4.76. The summed E-state index contributed by atoms with van der Waals surface area (Å²) in [5.74, 6) is -0.828. The van der Waals surface area contributed by atoms with Gasteiger partial charge in [-0.15, -0.1) is 0 Å². The molecule has 0 radical (unpaired) electrons. The van der Waals surface area contributed by atoms with E-state index in [0.29, 0.717) is 52.5 Å². The molecule has 0 N–H and O–H groups in total. The summed E-state index contributed by atoms with van der Waals surface area (Å²) in [7, 11) is 0. The molecular weight excluding hydrogens is 301 g/mol. The molecule has 23 heavy (non-hydrogen) atoms. The van der Waals surface area contributed by atoms with Gasteiger partial charge < -0.3 is 19.4 Å². The van der Waals surface area contributed by atoms with Gasteiger partial charge in [-0.25, -0.2) is 9.18 Å². The van der Waals surface area contributed by atoms with Crippen molar-refractivity contribution in [2.75, 3.05) is 52.5 Å². The van der Waals surface area contributed by atoms with Crippen LogP contribution in [0.4, 0.5) is 9.18 Å². The Morgan fingerprint density at radius 3 is 2.09 bits per heavy atom. The van der Waals surface area contributed by atoms with Crippen molar-refractivity contribution in [3.05, 3.63) is 35.6 Å². The maximum atomic E-state index is 13.7. The number of hydrogen-bond donors (Lipinski definition) is 0. The van der Waals surface area contributed by atoms with Crippen molar-refractivity contribution in [1.29, 1.82) is 0 Å². The zero-order valence-corrected chi connectivity index (χ0v) is 12.9. The topological polar surface area (TPSA) is 53.1 Å². The van der Waals surface area contributed by atoms with Crippen LogP contribution < -0.4 is 0 Å². The maximum absolute atomic E-state index is 13.7. The number of ether oxygens (including phenoxy) is 1. The van der Waals surface area contributed by atoms with Crippen molar-refractivity contribution in [1.82, 2.24) is 14.7 Å². The molecule has 2 fully saturated rings. The van der Waals surface area contributed by atoms with E-state index in [9.17, 15) is 14.0 Å². The zero-order valence-electron chi connectivity index (χ0n) is 12.9. The standard InChI is InChI=1S/C16H20FN3O3/c17-14-4-2-1-3-13(14)15(21)18-5-7-19(8-6-18)16(22)20-9-11-23-12-10-20/h1-4H,5-12H2. The summed E-state index contributed by atoms with van der Waals surface area (Å²) in [5.41, 5.74) is 0.0838. The first-order valence-corrected chi connectivity index (χ1v) is 7.82. The summed E-state index contributed by atoms with van der Waals surface area (Å²) >= 11 is 0. The highest BCUT2D eigenvalue weighted by atomic mass is 19.1. The fourth-order valence-corrected chi connectivity index (χ4v) is 2.86. The minimum absolute atomic E-state index is 0.00806. The number of amides is 3. The zero-order chi connectivity index (χ0) is 16.2. The molecule has 2 saturated heterocycles. The van der Waals surface area contributed by atoms with E-state index >= 15 is 0 Å². The van der Waals surface area contributed by atoms with Gasteiger partial charge in [0.15, 0.2) is 0 Å². The molecule has 1 aromatic carbocycles. The predicted octanol–water partition coefficient (Wildman–Crippen LogP) is 1.04. The molecule has 0 bridgehead atoms. The Bertz CT molecular complexity index is 582. The Hall–Kier alpha value is -2.15. The highest BCUT2D eigenvalue weighted by Gasteiger charge is 2.29. The minimum Gasteiger partial charge on any atom is -0.378 e. The average molecular weight is 321 g/mol. The Balaban J connectivity index is 1.57. The summed E-state index contributed by atoms with van der Waals surface area (Å²) in [6.45, 7) is 4.12. The van der Waals surface area contributed by atoms with Crippen molar-refractivity contribution in [3.63, 3.8) is 0 Å². The van der Waals surface area contributed by atoms with Crippen molar-refractivity contribution in [3.8, 4) is 0 Å². The third-order valence-electron chi connectivity index (χ3n) is 4.22. The van der Waals surface area contributed by atoms with Crippen LogP contribution in [0, 0.1) is 5.82 Å². The second kappa shape index (κ2) is 6.95. The number of halogens is 1. The van der Waals surface area contributed by atoms with Crippen LogP contribution in [0.25, 0.3) is 0 Å². The van der Waals surface area contributed by atoms with Gasteiger partial charge in [-0.2, -0.15) is 0 Å². The van der Waals surface area contributed by atoms with Crippen LogP contribution in [0.3, 0.4) is 0 Å². The van der Waals surface area contributed by atoms with Crippen LogP contribution in [0.15, 0.2) is 24.3 Å². The molecule has 2 aliphatic rings. The SMILES string of the molecule is O=C(c1ccccc1F)N1CCN(C(=O)N2CCOCC2)CC1. The molecule has 1 aromatic rings. The number of nitrogens with zero attached hydrogens (tertiary/aromatic N) is 3. The third kappa shape index (κ3) is 3.44. The van der Waals surface area contributed by atoms with Gasteiger partial charge in [-0.1, -0.05) is 12.1 Å². The fraction of sp³-hybridized carbons (Fsp3) is 0.500. The van der Waals surface area contributed by atoms with Crippen molar-refractivity contribution in [2.45, 2.75) is 0 Å². The van der Waals surface area contributed by atoms with E-state index in [-0.39, 0.29) is 17.5 Å². The molecule has 0 saturated carbocycles. The molecule has 2 heterocycles. The molecule has 0 unspecified atom stereocenters. The van der Waals surface area contributed by atoms with E-state index in [1.54, 1.807) is 26.8 Å². The molecule has 0 atom stereocenters. The van der Waals surface area contributed by atoms with Crippen molar-refractivity contribution < 1.29 is 18.7 Å². The van der Waals surface area contributed by atoms with Crippen LogP contribution in [-0.4, -0.2) is 79.1 Å². The lowest BCUT2D eigenvalue weighted by Crippen LogP contribution is -2.55. The monoisotopic (exact) mass is 321 g/mol. The smallest absolute Gasteiger partial charge is 0.320 e. The van der Waals surface area contributed by atoms with Crippen LogP contribution in [0.5, 0.6) is 0 Å². The van der Waals surface area contributed by atoms with E-state index in [4.69, 9.17) is 4.74 Å². The van der Waals surface area contributed by atoms with Crippen LogP contribution in [0.2, 0.25) is 0 Å². The Labute approximate surface area is 134 Å². The predicted molar refractivity (Wildman–Crippen MR) is 81.7 cm³/mol. The van der Waals surface area contributed by atoms with Gasteiger partial charge in [0.25, 0.3) is 5.91 Å². The number of carbonyl (C=O) groups is 2. The van der Waals surface area contributed by atoms with Gasteiger partial charge >= 0.3 is 6.03 Å². The summed E-state index contributed by atoms with van der Waals surface area (Å²) < 4.78 is 19.0. The highest BCUT2D eigenvalue weighted by molar-refractivity contribution is 5.94. The number of carbonyl (C=O) groups excluding carboxylic acids is 2. The largest absolute Gasteiger partial charge is 0.378 e. The first-order chi connectivity index (χ1) is 11.2. The lowest BCUT2D eigenvalue weighted by molar-refractivity contribution is 0.0362. The van der Waals surface area contributed by atoms with Gasteiger partial charge in [-0.05, 0) is 12.1 Å². The van der Waals surface area contributed by atoms with Crippen molar-refractivity contribution in [2.24, 2.45) is 0 Å². The minimum atomic E-state index is -0.510. The van der Waals surface area contributed by atoms with E-state index in [1.165, 1.54) is 12.1 Å². The number of hydrogen-bond acceptors (Lipinski definition) is 3. The fourth-order valence-electron chi connectivity index (χ4n) is 2.86. The van der Waals surface area contributed by atoms with Gasteiger partial charge in [0, 0.05) is 39.3 Å². The number of morpholine rings is 1. The van der Waals surface area contributed by atoms with Gasteiger partial charge in [0.1, 0.15) is 5.82 Å². The first kappa shape index (κ1) is 15.7. The molecule has 124 valence electrons. The number of piperazine rings is 1. The van der Waals surface area contributed by atoms with Crippen LogP contribution in [0.1, 0.15) is 10.4 Å². The molecule has 3 rings (SSSR count). The maximum Gasteiger partial charge on any atom is 0.320 e. The number of rotatable bonds is 1. The van der Waals surface area contributed by atoms with E-state index < -0.39 is 5.82 Å². The third-order valence-corrected chi connectivity index (χ3v) is 4.22. The van der Waals surface area contributed by atoms with Gasteiger partial charge in [0.05, 0.1) is 18.8 Å². The van der Waals surface area contributed by atoms with E-state index in [0.717, 1.165) is 0 Å². The first-order valence-electron chi connectivity index (χ1n) is 7.82. The summed E-state index contributed by atoms with van der Waals surface area (Å²) in [6, 6.07) is 5.97. The van der Waals surface area contributed by atoms with Crippen LogP contribution in [-0.2, 0) is 4.74 Å². The molecule has 7 heteroatoms. The molecule has 2 aliphatic heterocycles. The summed E-state index contributed by atoms with van der Waals surface area (Å²) in [6.07, 6.45) is 0.